The molecule has 3 aromatic rings. The zero-order chi connectivity index (χ0) is 17.3. The number of nitrogens with zero attached hydrogens (tertiary/aromatic N) is 1. The smallest absolute Gasteiger partial charge is 0.273 e. The molecule has 6 nitrogen and oxygen atoms in total. The Morgan fingerprint density at radius 3 is 2.96 bits per heavy atom. The number of hydrogen-bond acceptors (Lipinski definition) is 6. The van der Waals surface area contributed by atoms with Crippen molar-refractivity contribution < 1.29 is 18.8 Å². The van der Waals surface area contributed by atoms with Crippen molar-refractivity contribution in [2.45, 2.75) is 31.3 Å². The Hall–Kier alpha value is -2.38. The normalized spacial score (nSPS) is 16.2. The van der Waals surface area contributed by atoms with Crippen LogP contribution in [0.3, 0.4) is 0 Å². The molecule has 4 rings (SSSR count). The highest BCUT2D eigenvalue weighted by atomic mass is 32.1. The minimum absolute atomic E-state index is 0.0124. The number of rotatable bonds is 5. The minimum Gasteiger partial charge on any atom is -0.466 e. The van der Waals surface area contributed by atoms with Gasteiger partial charge in [-0.25, -0.2) is 0 Å². The first-order valence-electron chi connectivity index (χ1n) is 8.24. The number of fused-ring (bicyclic) bond motifs is 1. The highest BCUT2D eigenvalue weighted by molar-refractivity contribution is 7.10. The lowest BCUT2D eigenvalue weighted by molar-refractivity contribution is 0.0551. The van der Waals surface area contributed by atoms with E-state index >= 15 is 0 Å². The summed E-state index contributed by atoms with van der Waals surface area (Å²) < 4.78 is 10.7. The van der Waals surface area contributed by atoms with Crippen LogP contribution < -0.4 is 5.32 Å². The number of aromatic nitrogens is 1. The van der Waals surface area contributed by atoms with E-state index in [9.17, 15) is 9.90 Å². The lowest BCUT2D eigenvalue weighted by atomic mass is 9.96. The maximum atomic E-state index is 12.6. The van der Waals surface area contributed by atoms with E-state index in [0.29, 0.717) is 16.3 Å². The summed E-state index contributed by atoms with van der Waals surface area (Å²) in [7, 11) is 0. The van der Waals surface area contributed by atoms with Gasteiger partial charge in [0.15, 0.2) is 11.3 Å². The molecule has 0 spiro atoms. The molecule has 1 aliphatic rings. The van der Waals surface area contributed by atoms with Crippen LogP contribution in [0.25, 0.3) is 0 Å². The molecule has 0 aliphatic heterocycles. The first kappa shape index (κ1) is 16.1. The van der Waals surface area contributed by atoms with E-state index in [1.165, 1.54) is 17.6 Å². The number of nitrogens with one attached hydrogen (secondary N) is 1. The summed E-state index contributed by atoms with van der Waals surface area (Å²) in [5, 5.41) is 19.8. The molecule has 0 saturated carbocycles. The maximum Gasteiger partial charge on any atom is 0.273 e. The van der Waals surface area contributed by atoms with Crippen molar-refractivity contribution in [1.29, 1.82) is 0 Å². The average molecular weight is 358 g/mol. The molecule has 1 amide bonds. The third kappa shape index (κ3) is 2.89. The van der Waals surface area contributed by atoms with Crippen LogP contribution in [-0.4, -0.2) is 22.7 Å². The quantitative estimate of drug-likeness (QED) is 0.732. The van der Waals surface area contributed by atoms with Crippen LogP contribution in [0.1, 0.15) is 45.3 Å². The van der Waals surface area contributed by atoms with Gasteiger partial charge in [0.2, 0.25) is 0 Å². The molecule has 7 heteroatoms. The van der Waals surface area contributed by atoms with Gasteiger partial charge in [-0.15, -0.1) is 11.3 Å². The van der Waals surface area contributed by atoms with Gasteiger partial charge in [-0.3, -0.25) is 4.79 Å². The van der Waals surface area contributed by atoms with Crippen LogP contribution >= 0.6 is 11.3 Å². The molecule has 0 saturated heterocycles. The lowest BCUT2D eigenvalue weighted by Crippen LogP contribution is -2.41. The molecule has 0 fully saturated rings. The highest BCUT2D eigenvalue weighted by Crippen LogP contribution is 2.33. The van der Waals surface area contributed by atoms with E-state index in [0.717, 1.165) is 37.0 Å². The van der Waals surface area contributed by atoms with Crippen LogP contribution in [0, 0.1) is 0 Å². The number of thiophene rings is 1. The number of carbonyl (C=O) groups excluding carboxylic acids is 1. The van der Waals surface area contributed by atoms with Crippen molar-refractivity contribution in [1.82, 2.24) is 10.5 Å². The van der Waals surface area contributed by atoms with Crippen molar-refractivity contribution in [3.8, 4) is 0 Å². The molecule has 0 radical (unpaired) electrons. The Balaban J connectivity index is 1.56. The largest absolute Gasteiger partial charge is 0.466 e. The van der Waals surface area contributed by atoms with Crippen molar-refractivity contribution >= 4 is 17.2 Å². The Morgan fingerprint density at radius 2 is 2.20 bits per heavy atom. The van der Waals surface area contributed by atoms with E-state index in [1.807, 2.05) is 17.5 Å². The number of hydrogen-bond donors (Lipinski definition) is 2. The van der Waals surface area contributed by atoms with Gasteiger partial charge in [0, 0.05) is 16.9 Å². The summed E-state index contributed by atoms with van der Waals surface area (Å²) in [5.74, 6) is 0.849. The van der Waals surface area contributed by atoms with Gasteiger partial charge < -0.3 is 19.4 Å². The monoisotopic (exact) mass is 358 g/mol. The zero-order valence-electron chi connectivity index (χ0n) is 13.5. The molecule has 0 bridgehead atoms. The number of amides is 1. The van der Waals surface area contributed by atoms with Gasteiger partial charge in [-0.05, 0) is 42.8 Å². The first-order chi connectivity index (χ1) is 12.2. The summed E-state index contributed by atoms with van der Waals surface area (Å²) in [6, 6.07) is 7.08. The number of aliphatic hydroxyl groups is 1. The molecule has 130 valence electrons. The van der Waals surface area contributed by atoms with Gasteiger partial charge in [-0.2, -0.15) is 0 Å². The summed E-state index contributed by atoms with van der Waals surface area (Å²) in [6.07, 6.45) is 5.21. The third-order valence-corrected chi connectivity index (χ3v) is 5.55. The van der Waals surface area contributed by atoms with Gasteiger partial charge in [0.05, 0.1) is 12.8 Å². The second-order valence-electron chi connectivity index (χ2n) is 6.14. The molecule has 3 heterocycles. The van der Waals surface area contributed by atoms with E-state index in [2.05, 4.69) is 10.5 Å². The lowest BCUT2D eigenvalue weighted by Gasteiger charge is -2.25. The Morgan fingerprint density at radius 1 is 1.32 bits per heavy atom. The number of aryl methyl sites for hydroxylation is 1. The Bertz CT molecular complexity index is 818. The Labute approximate surface area is 148 Å². The molecule has 0 unspecified atom stereocenters. The van der Waals surface area contributed by atoms with Crippen molar-refractivity contribution in [3.05, 3.63) is 63.6 Å². The molecule has 0 aromatic carbocycles. The number of furan rings is 1. The minimum atomic E-state index is -1.42. The first-order valence-corrected chi connectivity index (χ1v) is 9.12. The van der Waals surface area contributed by atoms with Crippen molar-refractivity contribution in [3.63, 3.8) is 0 Å². The Kier molecular flexibility index (Phi) is 4.19. The van der Waals surface area contributed by atoms with Crippen LogP contribution in [0.15, 0.2) is 44.8 Å². The van der Waals surface area contributed by atoms with Crippen molar-refractivity contribution in [2.75, 3.05) is 6.54 Å². The second kappa shape index (κ2) is 6.50. The molecule has 1 aliphatic carbocycles. The fourth-order valence-corrected chi connectivity index (χ4v) is 4.01. The zero-order valence-corrected chi connectivity index (χ0v) is 14.3. The van der Waals surface area contributed by atoms with Crippen LogP contribution in [0.4, 0.5) is 0 Å². The summed E-state index contributed by atoms with van der Waals surface area (Å²) in [5.41, 5.74) is -0.207. The van der Waals surface area contributed by atoms with E-state index in [4.69, 9.17) is 8.94 Å². The molecule has 2 N–H and O–H groups in total. The van der Waals surface area contributed by atoms with Crippen molar-refractivity contribution in [2.24, 2.45) is 0 Å². The van der Waals surface area contributed by atoms with Crippen LogP contribution in [0.2, 0.25) is 0 Å². The van der Waals surface area contributed by atoms with Crippen LogP contribution in [-0.2, 0) is 18.4 Å². The fraction of sp³-hybridized carbons (Fsp3) is 0.333. The highest BCUT2D eigenvalue weighted by Gasteiger charge is 2.37. The predicted molar refractivity (Wildman–Crippen MR) is 91.5 cm³/mol. The summed E-state index contributed by atoms with van der Waals surface area (Å²) in [6.45, 7) is -0.0124. The second-order valence-corrected chi connectivity index (χ2v) is 7.09. The summed E-state index contributed by atoms with van der Waals surface area (Å²) in [4.78, 5) is 13.3. The fourth-order valence-electron chi connectivity index (χ4n) is 3.18. The van der Waals surface area contributed by atoms with Crippen LogP contribution in [0.5, 0.6) is 0 Å². The molecular formula is C18H18N2O4S. The SMILES string of the molecule is O=C(NC[C@@](O)(c1ccco1)c1cccs1)c1noc2c1CCCC2. The van der Waals surface area contributed by atoms with Gasteiger partial charge in [0.1, 0.15) is 11.5 Å². The molecule has 3 aromatic heterocycles. The molecular weight excluding hydrogens is 340 g/mol. The van der Waals surface area contributed by atoms with Gasteiger partial charge in [0.25, 0.3) is 5.91 Å². The van der Waals surface area contributed by atoms with Gasteiger partial charge >= 0.3 is 0 Å². The third-order valence-electron chi connectivity index (χ3n) is 4.53. The van der Waals surface area contributed by atoms with Gasteiger partial charge in [-0.1, -0.05) is 11.2 Å². The standard InChI is InChI=1S/C18H18N2O4S/c21-17(16-12-5-1-2-6-13(12)24-20-16)19-11-18(22,14-7-3-9-23-14)15-8-4-10-25-15/h3-4,7-10,22H,1-2,5-6,11H2,(H,19,21)/t18-/m1/s1. The maximum absolute atomic E-state index is 12.6. The summed E-state index contributed by atoms with van der Waals surface area (Å²) >= 11 is 1.40. The average Bonchev–Trinajstić information content (AvgIpc) is 3.40. The molecule has 25 heavy (non-hydrogen) atoms. The molecule has 1 atom stereocenters. The van der Waals surface area contributed by atoms with E-state index in [-0.39, 0.29) is 12.5 Å². The number of carbonyl (C=O) groups is 1. The predicted octanol–water partition coefficient (Wildman–Crippen LogP) is 2.87. The topological polar surface area (TPSA) is 88.5 Å². The van der Waals surface area contributed by atoms with E-state index in [1.54, 1.807) is 12.1 Å². The van der Waals surface area contributed by atoms with E-state index < -0.39 is 5.60 Å².